The number of nitrogens with zero attached hydrogens (tertiary/aromatic N) is 7. The zero-order chi connectivity index (χ0) is 31.0. The van der Waals surface area contributed by atoms with Gasteiger partial charge in [0.05, 0.1) is 28.3 Å². The van der Waals surface area contributed by atoms with Crippen LogP contribution in [0.3, 0.4) is 0 Å². The highest BCUT2D eigenvalue weighted by Crippen LogP contribution is 2.58. The van der Waals surface area contributed by atoms with Crippen molar-refractivity contribution in [3.05, 3.63) is 72.3 Å². The van der Waals surface area contributed by atoms with Crippen LogP contribution in [0.25, 0.3) is 38.4 Å². The van der Waals surface area contributed by atoms with Crippen molar-refractivity contribution >= 4 is 44.1 Å². The van der Waals surface area contributed by atoms with E-state index >= 15 is 0 Å². The van der Waals surface area contributed by atoms with Gasteiger partial charge in [-0.3, -0.25) is 9.08 Å². The number of aromatic carboxylic acids is 1. The van der Waals surface area contributed by atoms with Gasteiger partial charge in [0.15, 0.2) is 16.6 Å². The summed E-state index contributed by atoms with van der Waals surface area (Å²) in [6, 6.07) is 13.5. The first-order valence-corrected chi connectivity index (χ1v) is 17.0. The first kappa shape index (κ1) is 27.7. The lowest BCUT2D eigenvalue weighted by Gasteiger charge is -2.48. The molecule has 5 aromatic heterocycles. The summed E-state index contributed by atoms with van der Waals surface area (Å²) in [5.74, 6) is 2.12. The summed E-state index contributed by atoms with van der Waals surface area (Å²) >= 11 is 1.55. The highest BCUT2D eigenvalue weighted by atomic mass is 32.1. The maximum absolute atomic E-state index is 12.8. The number of para-hydroxylation sites is 1. The van der Waals surface area contributed by atoms with Crippen molar-refractivity contribution in [2.24, 2.45) is 23.2 Å². The number of aromatic nitrogens is 7. The minimum Gasteiger partial charge on any atom is -0.478 e. The van der Waals surface area contributed by atoms with Crippen LogP contribution in [0.4, 0.5) is 10.9 Å². The second-order valence-corrected chi connectivity index (χ2v) is 14.8. The summed E-state index contributed by atoms with van der Waals surface area (Å²) in [6.07, 6.45) is 14.9. The highest BCUT2D eigenvalue weighted by molar-refractivity contribution is 7.22. The number of thiazole rings is 1. The predicted molar refractivity (Wildman–Crippen MR) is 177 cm³/mol. The Morgan fingerprint density at radius 2 is 1.80 bits per heavy atom. The first-order valence-electron chi connectivity index (χ1n) is 16.1. The smallest absolute Gasteiger partial charge is 0.340 e. The van der Waals surface area contributed by atoms with Gasteiger partial charge >= 0.3 is 5.97 Å². The van der Waals surface area contributed by atoms with Crippen molar-refractivity contribution in [1.82, 2.24) is 34.3 Å². The Balaban J connectivity index is 1.01. The molecular weight excluding hydrogens is 597 g/mol. The minimum atomic E-state index is -1.02. The molecule has 10 nitrogen and oxygen atoms in total. The largest absolute Gasteiger partial charge is 0.478 e. The van der Waals surface area contributed by atoms with Gasteiger partial charge in [0.2, 0.25) is 0 Å². The number of anilines is 2. The number of imidazole rings is 1. The quantitative estimate of drug-likeness (QED) is 0.185. The Morgan fingerprint density at radius 3 is 2.57 bits per heavy atom. The monoisotopic (exact) mass is 630 g/mol. The van der Waals surface area contributed by atoms with Crippen LogP contribution >= 0.6 is 11.3 Å². The third-order valence-electron chi connectivity index (χ3n) is 10.7. The number of carboxylic acid groups (broad SMARTS) is 1. The number of hydrogen-bond acceptors (Lipinski definition) is 8. The van der Waals surface area contributed by atoms with Gasteiger partial charge in [0, 0.05) is 29.6 Å². The molecule has 4 aliphatic carbocycles. The van der Waals surface area contributed by atoms with Gasteiger partial charge in [-0.1, -0.05) is 36.3 Å². The van der Waals surface area contributed by atoms with E-state index in [0.29, 0.717) is 33.8 Å². The molecule has 4 aliphatic rings. The molecule has 0 saturated heterocycles. The third kappa shape index (κ3) is 4.59. The van der Waals surface area contributed by atoms with Crippen molar-refractivity contribution in [2.45, 2.75) is 58.4 Å². The molecule has 0 amide bonds. The highest BCUT2D eigenvalue weighted by Gasteiger charge is 2.48. The van der Waals surface area contributed by atoms with Crippen LogP contribution in [0.15, 0.2) is 61.1 Å². The maximum Gasteiger partial charge on any atom is 0.340 e. The van der Waals surface area contributed by atoms with Gasteiger partial charge in [-0.2, -0.15) is 5.10 Å². The predicted octanol–water partition coefficient (Wildman–Crippen LogP) is 7.62. The Labute approximate surface area is 269 Å². The molecule has 1 aromatic carbocycles. The molecular formula is C35H34N8O2S. The fraction of sp³-hybridized carbons (Fsp3) is 0.371. The SMILES string of the molecule is Cc1c(-c2ccn3c(-c4ccc(Nc5nc6ccccc6s5)nn4)cnc3c2C(=O)O)cnn1CC12CC3CCC(CC(C3)C1)C2. The lowest BCUT2D eigenvalue weighted by molar-refractivity contribution is 0.0169. The van der Waals surface area contributed by atoms with Crippen LogP contribution in [0, 0.1) is 30.1 Å². The third-order valence-corrected chi connectivity index (χ3v) is 11.7. The van der Waals surface area contributed by atoms with E-state index < -0.39 is 5.97 Å². The zero-order valence-electron chi connectivity index (χ0n) is 25.6. The van der Waals surface area contributed by atoms with Crippen LogP contribution in [0.5, 0.6) is 0 Å². The molecule has 2 atom stereocenters. The molecule has 6 aromatic rings. The maximum atomic E-state index is 12.8. The number of rotatable bonds is 7. The molecule has 0 aliphatic heterocycles. The number of carbonyl (C=O) groups is 1. The van der Waals surface area contributed by atoms with E-state index in [-0.39, 0.29) is 5.56 Å². The average Bonchev–Trinajstić information content (AvgIpc) is 3.71. The fourth-order valence-electron chi connectivity index (χ4n) is 9.00. The zero-order valence-corrected chi connectivity index (χ0v) is 26.4. The molecule has 5 heterocycles. The summed E-state index contributed by atoms with van der Waals surface area (Å²) < 4.78 is 5.01. The summed E-state index contributed by atoms with van der Waals surface area (Å²) in [6.45, 7) is 2.99. The summed E-state index contributed by atoms with van der Waals surface area (Å²) in [4.78, 5) is 21.9. The van der Waals surface area contributed by atoms with E-state index in [2.05, 4.69) is 37.1 Å². The molecule has 46 heavy (non-hydrogen) atoms. The Kier molecular flexibility index (Phi) is 6.28. The van der Waals surface area contributed by atoms with E-state index in [1.807, 2.05) is 54.9 Å². The topological polar surface area (TPSA) is 123 Å². The van der Waals surface area contributed by atoms with Gasteiger partial charge < -0.3 is 10.4 Å². The van der Waals surface area contributed by atoms with Gasteiger partial charge in [0.1, 0.15) is 11.3 Å². The molecule has 10 rings (SSSR count). The van der Waals surface area contributed by atoms with Gasteiger partial charge in [0.25, 0.3) is 0 Å². The van der Waals surface area contributed by atoms with Crippen molar-refractivity contribution in [3.63, 3.8) is 0 Å². The van der Waals surface area contributed by atoms with Crippen molar-refractivity contribution in [3.8, 4) is 22.5 Å². The average molecular weight is 631 g/mol. The Bertz CT molecular complexity index is 2080. The Morgan fingerprint density at radius 1 is 1.00 bits per heavy atom. The van der Waals surface area contributed by atoms with Crippen LogP contribution in [0.1, 0.15) is 61.0 Å². The summed E-state index contributed by atoms with van der Waals surface area (Å²) in [5.41, 5.74) is 5.50. The van der Waals surface area contributed by atoms with Gasteiger partial charge in [-0.25, -0.2) is 14.8 Å². The molecule has 0 spiro atoms. The lowest BCUT2D eigenvalue weighted by Crippen LogP contribution is -2.40. The fourth-order valence-corrected chi connectivity index (χ4v) is 9.87. The molecule has 2 N–H and O–H groups in total. The van der Waals surface area contributed by atoms with E-state index in [1.54, 1.807) is 21.9 Å². The first-order chi connectivity index (χ1) is 22.4. The lowest BCUT2D eigenvalue weighted by atomic mass is 9.58. The number of benzene rings is 1. The second kappa shape index (κ2) is 10.4. The summed E-state index contributed by atoms with van der Waals surface area (Å²) in [7, 11) is 0. The standard InChI is InChI=1S/C35H34N8O2S/c1-20-25(17-37-43(20)19-35-14-21-6-7-22(15-35)13-23(12-21)16-35)24-10-11-42-28(18-36-32(42)31(24)33(44)45)26-8-9-30(41-40-26)39-34-38-27-4-2-3-5-29(27)46-34/h2-5,8-11,17-18,21-23H,6-7,12-16,19H2,1H3,(H,44,45)(H,38,39,41). The molecule has 2 unspecified atom stereocenters. The molecule has 0 radical (unpaired) electrons. The molecule has 232 valence electrons. The molecule has 11 heteroatoms. The van der Waals surface area contributed by atoms with E-state index in [4.69, 9.17) is 5.10 Å². The number of pyridine rings is 1. The van der Waals surface area contributed by atoms with E-state index in [0.717, 1.165) is 50.9 Å². The number of hydrogen-bond donors (Lipinski definition) is 2. The second-order valence-electron chi connectivity index (χ2n) is 13.7. The number of fused-ring (bicyclic) bond motifs is 3. The van der Waals surface area contributed by atoms with Crippen LogP contribution in [0.2, 0.25) is 0 Å². The number of nitrogens with one attached hydrogen (secondary N) is 1. The minimum absolute atomic E-state index is 0.157. The van der Waals surface area contributed by atoms with Crippen molar-refractivity contribution in [1.29, 1.82) is 0 Å². The van der Waals surface area contributed by atoms with Crippen LogP contribution in [-0.4, -0.2) is 45.4 Å². The van der Waals surface area contributed by atoms with Crippen molar-refractivity contribution in [2.75, 3.05) is 5.32 Å². The van der Waals surface area contributed by atoms with Gasteiger partial charge in [-0.15, -0.1) is 10.2 Å². The van der Waals surface area contributed by atoms with Crippen LogP contribution in [-0.2, 0) is 6.54 Å². The van der Waals surface area contributed by atoms with Gasteiger partial charge in [-0.05, 0) is 92.5 Å². The van der Waals surface area contributed by atoms with E-state index in [9.17, 15) is 9.90 Å². The van der Waals surface area contributed by atoms with Crippen molar-refractivity contribution < 1.29 is 9.90 Å². The van der Waals surface area contributed by atoms with E-state index in [1.165, 1.54) is 44.9 Å². The molecule has 4 saturated carbocycles. The molecule has 4 fully saturated rings. The number of carboxylic acids is 1. The molecule has 4 bridgehead atoms. The normalized spacial score (nSPS) is 23.7. The summed E-state index contributed by atoms with van der Waals surface area (Å²) in [5, 5.41) is 28.1. The Hall–Kier alpha value is -4.64. The van der Waals surface area contributed by atoms with Crippen LogP contribution < -0.4 is 5.32 Å².